The molecule has 9 heteroatoms. The molecule has 0 spiro atoms. The minimum Gasteiger partial charge on any atom is -0.326 e. The number of aromatic nitrogens is 3. The lowest BCUT2D eigenvalue weighted by atomic mass is 10.1. The number of carbonyl (C=O) groups excluding carboxylic acids is 2. The van der Waals surface area contributed by atoms with Crippen molar-refractivity contribution in [2.24, 2.45) is 0 Å². The Bertz CT molecular complexity index is 1270. The van der Waals surface area contributed by atoms with E-state index in [9.17, 15) is 14.9 Å². The highest BCUT2D eigenvalue weighted by Crippen LogP contribution is 2.20. The van der Waals surface area contributed by atoms with E-state index in [-0.39, 0.29) is 18.2 Å². The van der Waals surface area contributed by atoms with Crippen LogP contribution in [0.4, 0.5) is 11.4 Å². The van der Waals surface area contributed by atoms with E-state index in [0.717, 1.165) is 42.9 Å². The van der Waals surface area contributed by atoms with E-state index in [4.69, 9.17) is 0 Å². The number of anilines is 2. The number of aryl methyl sites for hydroxylation is 2. The first-order chi connectivity index (χ1) is 16.9. The van der Waals surface area contributed by atoms with Crippen LogP contribution < -0.4 is 10.6 Å². The molecule has 0 saturated carbocycles. The topological polar surface area (TPSA) is 115 Å². The van der Waals surface area contributed by atoms with Gasteiger partial charge in [-0.15, -0.1) is 0 Å². The summed E-state index contributed by atoms with van der Waals surface area (Å²) in [7, 11) is 0. The molecule has 182 valence electrons. The molecular weight excluding hydrogens is 442 g/mol. The number of benzene rings is 1. The van der Waals surface area contributed by atoms with Crippen molar-refractivity contribution in [3.63, 3.8) is 0 Å². The Labute approximate surface area is 205 Å². The summed E-state index contributed by atoms with van der Waals surface area (Å²) in [4.78, 5) is 31.9. The molecular formula is C26H31N7O2. The lowest BCUT2D eigenvalue weighted by Crippen LogP contribution is -2.33. The summed E-state index contributed by atoms with van der Waals surface area (Å²) in [5.41, 5.74) is 4.86. The molecule has 1 aliphatic heterocycles. The predicted octanol–water partition coefficient (Wildman–Crippen LogP) is 3.60. The summed E-state index contributed by atoms with van der Waals surface area (Å²) >= 11 is 0. The van der Waals surface area contributed by atoms with Crippen LogP contribution in [0.15, 0.2) is 30.5 Å². The number of nitrogens with zero attached hydrogens (tertiary/aromatic N) is 5. The summed E-state index contributed by atoms with van der Waals surface area (Å²) in [6.45, 7) is 6.11. The summed E-state index contributed by atoms with van der Waals surface area (Å²) in [5, 5.41) is 19.3. The van der Waals surface area contributed by atoms with Gasteiger partial charge in [0, 0.05) is 29.2 Å². The first kappa shape index (κ1) is 24.4. The maximum absolute atomic E-state index is 12.7. The van der Waals surface area contributed by atoms with E-state index < -0.39 is 0 Å². The van der Waals surface area contributed by atoms with Gasteiger partial charge in [0.2, 0.25) is 11.8 Å². The molecule has 2 amide bonds. The van der Waals surface area contributed by atoms with Crippen molar-refractivity contribution < 1.29 is 9.59 Å². The number of likely N-dealkylation sites (tertiary alicyclic amines) is 1. The molecule has 0 aliphatic carbocycles. The second kappa shape index (κ2) is 11.1. The summed E-state index contributed by atoms with van der Waals surface area (Å²) in [6, 6.07) is 9.32. The largest absolute Gasteiger partial charge is 0.326 e. The van der Waals surface area contributed by atoms with Crippen molar-refractivity contribution in [3.05, 3.63) is 53.0 Å². The number of nitrogens with one attached hydrogen (secondary N) is 2. The predicted molar refractivity (Wildman–Crippen MR) is 134 cm³/mol. The molecule has 4 rings (SSSR count). The fourth-order valence-electron chi connectivity index (χ4n) is 4.59. The maximum Gasteiger partial charge on any atom is 0.238 e. The molecule has 0 unspecified atom stereocenters. The number of hydrogen-bond donors (Lipinski definition) is 2. The zero-order chi connectivity index (χ0) is 24.8. The number of carbonyl (C=O) groups is 2. The fraction of sp³-hybridized carbons (Fsp3) is 0.423. The zero-order valence-electron chi connectivity index (χ0n) is 20.3. The Morgan fingerprint density at radius 2 is 1.74 bits per heavy atom. The average Bonchev–Trinajstić information content (AvgIpc) is 3.06. The highest BCUT2D eigenvalue weighted by atomic mass is 16.2. The Kier molecular flexibility index (Phi) is 7.73. The van der Waals surface area contributed by atoms with Gasteiger partial charge in [-0.2, -0.15) is 10.4 Å². The van der Waals surface area contributed by atoms with Crippen molar-refractivity contribution in [1.29, 1.82) is 5.26 Å². The molecule has 2 aromatic heterocycles. The van der Waals surface area contributed by atoms with Crippen molar-refractivity contribution >= 4 is 28.8 Å². The molecule has 1 saturated heterocycles. The summed E-state index contributed by atoms with van der Waals surface area (Å²) in [6.07, 6.45) is 7.02. The Morgan fingerprint density at radius 1 is 1.06 bits per heavy atom. The number of amides is 2. The van der Waals surface area contributed by atoms with Gasteiger partial charge in [0.15, 0.2) is 5.65 Å². The zero-order valence-corrected chi connectivity index (χ0v) is 20.3. The second-order valence-corrected chi connectivity index (χ2v) is 9.03. The van der Waals surface area contributed by atoms with Crippen LogP contribution in [0.5, 0.6) is 0 Å². The van der Waals surface area contributed by atoms with Crippen LogP contribution in [0.3, 0.4) is 0 Å². The lowest BCUT2D eigenvalue weighted by Gasteiger charge is -2.19. The van der Waals surface area contributed by atoms with Gasteiger partial charge < -0.3 is 10.6 Å². The molecule has 0 atom stereocenters. The Hall–Kier alpha value is -3.77. The van der Waals surface area contributed by atoms with Crippen LogP contribution in [0.1, 0.15) is 54.6 Å². The van der Waals surface area contributed by atoms with E-state index in [2.05, 4.69) is 31.7 Å². The number of nitriles is 1. The summed E-state index contributed by atoms with van der Waals surface area (Å²) in [5.74, 6) is -0.169. The van der Waals surface area contributed by atoms with E-state index in [0.29, 0.717) is 35.6 Å². The van der Waals surface area contributed by atoms with Crippen LogP contribution in [0.2, 0.25) is 0 Å². The molecule has 9 nitrogen and oxygen atoms in total. The van der Waals surface area contributed by atoms with Gasteiger partial charge in [-0.05, 0) is 70.0 Å². The average molecular weight is 474 g/mol. The quantitative estimate of drug-likeness (QED) is 0.542. The van der Waals surface area contributed by atoms with Crippen molar-refractivity contribution in [3.8, 4) is 6.07 Å². The fourth-order valence-corrected chi connectivity index (χ4v) is 4.59. The molecule has 1 aliphatic rings. The van der Waals surface area contributed by atoms with Crippen LogP contribution in [0, 0.1) is 25.2 Å². The monoisotopic (exact) mass is 473 g/mol. The minimum atomic E-state index is -0.130. The number of rotatable bonds is 7. The molecule has 35 heavy (non-hydrogen) atoms. The third-order valence-corrected chi connectivity index (χ3v) is 6.43. The highest BCUT2D eigenvalue weighted by Gasteiger charge is 2.16. The van der Waals surface area contributed by atoms with Crippen molar-refractivity contribution in [1.82, 2.24) is 19.5 Å². The van der Waals surface area contributed by atoms with E-state index in [1.54, 1.807) is 16.6 Å². The van der Waals surface area contributed by atoms with Gasteiger partial charge in [-0.25, -0.2) is 9.50 Å². The molecule has 1 aromatic carbocycles. The standard InChI is InChI=1S/C26H31N7O2/c1-18-23(19(2)33-26(29-18)20(15-27)16-28-33)10-11-24(34)30-21-8-7-9-22(14-21)31-25(35)17-32-12-5-3-4-6-13-32/h7-9,14,16H,3-6,10-13,17H2,1-2H3,(H,30,34)(H,31,35). The van der Waals surface area contributed by atoms with Crippen molar-refractivity contribution in [2.45, 2.75) is 52.4 Å². The number of hydrogen-bond acceptors (Lipinski definition) is 6. The lowest BCUT2D eigenvalue weighted by molar-refractivity contribution is -0.117. The number of fused-ring (bicyclic) bond motifs is 1. The molecule has 0 radical (unpaired) electrons. The molecule has 0 bridgehead atoms. The summed E-state index contributed by atoms with van der Waals surface area (Å²) < 4.78 is 1.65. The van der Waals surface area contributed by atoms with E-state index in [1.807, 2.05) is 26.0 Å². The van der Waals surface area contributed by atoms with Gasteiger partial charge in [0.1, 0.15) is 11.6 Å². The molecule has 1 fully saturated rings. The van der Waals surface area contributed by atoms with Gasteiger partial charge in [-0.1, -0.05) is 18.9 Å². The first-order valence-corrected chi connectivity index (χ1v) is 12.1. The molecule has 3 heterocycles. The first-order valence-electron chi connectivity index (χ1n) is 12.1. The second-order valence-electron chi connectivity index (χ2n) is 9.03. The SMILES string of the molecule is Cc1nc2c(C#N)cnn2c(C)c1CCC(=O)Nc1cccc(NC(=O)CN2CCCCCC2)c1. The minimum absolute atomic E-state index is 0.0394. The Morgan fingerprint density at radius 3 is 2.43 bits per heavy atom. The van der Waals surface area contributed by atoms with Gasteiger partial charge >= 0.3 is 0 Å². The van der Waals surface area contributed by atoms with Crippen LogP contribution >= 0.6 is 0 Å². The maximum atomic E-state index is 12.7. The van der Waals surface area contributed by atoms with Gasteiger partial charge in [-0.3, -0.25) is 14.5 Å². The van der Waals surface area contributed by atoms with E-state index in [1.165, 1.54) is 19.0 Å². The highest BCUT2D eigenvalue weighted by molar-refractivity contribution is 5.94. The Balaban J connectivity index is 1.34. The third kappa shape index (κ3) is 6.03. The molecule has 3 aromatic rings. The van der Waals surface area contributed by atoms with Crippen LogP contribution in [0.25, 0.3) is 5.65 Å². The van der Waals surface area contributed by atoms with Gasteiger partial charge in [0.25, 0.3) is 0 Å². The van der Waals surface area contributed by atoms with E-state index >= 15 is 0 Å². The third-order valence-electron chi connectivity index (χ3n) is 6.43. The normalized spacial score (nSPS) is 14.3. The van der Waals surface area contributed by atoms with Crippen molar-refractivity contribution in [2.75, 3.05) is 30.3 Å². The molecule has 2 N–H and O–H groups in total. The van der Waals surface area contributed by atoms with Gasteiger partial charge in [0.05, 0.1) is 12.7 Å². The van der Waals surface area contributed by atoms with Crippen LogP contribution in [-0.4, -0.2) is 50.9 Å². The van der Waals surface area contributed by atoms with Crippen LogP contribution in [-0.2, 0) is 16.0 Å². The smallest absolute Gasteiger partial charge is 0.238 e.